The third-order valence-electron chi connectivity index (χ3n) is 5.53. The molecule has 3 aromatic rings. The van der Waals surface area contributed by atoms with Crippen molar-refractivity contribution in [3.63, 3.8) is 0 Å². The Balaban J connectivity index is 1.28. The van der Waals surface area contributed by atoms with Gasteiger partial charge in [0, 0.05) is 10.4 Å². The maximum absolute atomic E-state index is 12.2. The van der Waals surface area contributed by atoms with E-state index in [0.717, 1.165) is 29.5 Å². The first kappa shape index (κ1) is 20.8. The number of nitrogens with zero attached hydrogens (tertiary/aromatic N) is 3. The number of aromatic nitrogens is 2. The van der Waals surface area contributed by atoms with Gasteiger partial charge in [0.15, 0.2) is 12.4 Å². The highest BCUT2D eigenvalue weighted by Gasteiger charge is 2.30. The molecule has 0 bridgehead atoms. The first-order chi connectivity index (χ1) is 15.4. The van der Waals surface area contributed by atoms with E-state index in [4.69, 9.17) is 10.5 Å². The Morgan fingerprint density at radius 1 is 1.19 bits per heavy atom. The van der Waals surface area contributed by atoms with Crippen LogP contribution in [0.4, 0.5) is 5.82 Å². The molecule has 1 aliphatic heterocycles. The maximum Gasteiger partial charge on any atom is 0.328 e. The molecule has 3 heterocycles. The number of aliphatic imine (C=N–C) groups is 1. The van der Waals surface area contributed by atoms with Gasteiger partial charge < -0.3 is 10.5 Å². The van der Waals surface area contributed by atoms with Gasteiger partial charge in [-0.15, -0.1) is 11.3 Å². The fraction of sp³-hybridized carbons (Fsp3) is 0.333. The van der Waals surface area contributed by atoms with Crippen LogP contribution in [0.3, 0.4) is 0 Å². The van der Waals surface area contributed by atoms with Crippen molar-refractivity contribution in [1.29, 1.82) is 0 Å². The van der Waals surface area contributed by atoms with Gasteiger partial charge >= 0.3 is 5.97 Å². The molecule has 1 aromatic carbocycles. The Hall–Kier alpha value is -3.05. The van der Waals surface area contributed by atoms with Crippen molar-refractivity contribution in [2.75, 3.05) is 12.3 Å². The minimum absolute atomic E-state index is 0.125. The van der Waals surface area contributed by atoms with E-state index in [1.54, 1.807) is 29.5 Å². The Labute approximate surface area is 188 Å². The summed E-state index contributed by atoms with van der Waals surface area (Å²) in [7, 11) is -3.65. The van der Waals surface area contributed by atoms with Gasteiger partial charge in [0.25, 0.3) is 10.0 Å². The average Bonchev–Trinajstić information content (AvgIpc) is 3.14. The summed E-state index contributed by atoms with van der Waals surface area (Å²) < 4.78 is 31.8. The lowest BCUT2D eigenvalue weighted by atomic mass is 10.1. The fourth-order valence-corrected chi connectivity index (χ4v) is 6.60. The molecule has 1 aliphatic carbocycles. The molecule has 0 spiro atoms. The van der Waals surface area contributed by atoms with Gasteiger partial charge in [-0.3, -0.25) is 14.5 Å². The number of aryl methyl sites for hydroxylation is 2. The standard InChI is InChI=1S/C21H21N5O4S2/c22-19-18-12-6-2-1-3-8-14(12)31-21(18)25-16(24-19)11-30-17(27)10-23-20-13-7-4-5-9-15(13)32(28,29)26-20/h4-5,7,9H,1-3,6,8,10-11H2,(H,23,26)(H2,22,24,25). The van der Waals surface area contributed by atoms with Crippen molar-refractivity contribution >= 4 is 49.2 Å². The largest absolute Gasteiger partial charge is 0.456 e. The lowest BCUT2D eigenvalue weighted by Crippen LogP contribution is -2.23. The lowest BCUT2D eigenvalue weighted by Gasteiger charge is -2.06. The number of carbonyl (C=O) groups is 1. The van der Waals surface area contributed by atoms with Crippen LogP contribution in [0.15, 0.2) is 34.2 Å². The van der Waals surface area contributed by atoms with Gasteiger partial charge in [-0.25, -0.2) is 18.4 Å². The molecular formula is C21H21N5O4S2. The van der Waals surface area contributed by atoms with Crippen LogP contribution in [0.1, 0.15) is 41.1 Å². The van der Waals surface area contributed by atoms with E-state index < -0.39 is 16.0 Å². The van der Waals surface area contributed by atoms with Gasteiger partial charge in [0.2, 0.25) is 0 Å². The number of fused-ring (bicyclic) bond motifs is 4. The number of benzene rings is 1. The molecule has 0 saturated heterocycles. The molecule has 166 valence electrons. The molecule has 5 rings (SSSR count). The van der Waals surface area contributed by atoms with E-state index in [-0.39, 0.29) is 23.9 Å². The molecule has 0 radical (unpaired) electrons. The van der Waals surface area contributed by atoms with Crippen molar-refractivity contribution in [2.45, 2.75) is 43.6 Å². The summed E-state index contributed by atoms with van der Waals surface area (Å²) in [4.78, 5) is 27.5. The molecule has 0 saturated carbocycles. The second-order valence-electron chi connectivity index (χ2n) is 7.70. The van der Waals surface area contributed by atoms with E-state index in [9.17, 15) is 13.2 Å². The first-order valence-electron chi connectivity index (χ1n) is 10.3. The quantitative estimate of drug-likeness (QED) is 0.440. The molecular weight excluding hydrogens is 450 g/mol. The van der Waals surface area contributed by atoms with Gasteiger partial charge in [-0.05, 0) is 43.4 Å². The number of sulfonamides is 1. The number of amidine groups is 1. The number of esters is 1. The molecule has 9 nitrogen and oxygen atoms in total. The summed E-state index contributed by atoms with van der Waals surface area (Å²) in [5, 5.41) is 0.931. The fourth-order valence-electron chi connectivity index (χ4n) is 4.06. The number of hydrogen-bond donors (Lipinski definition) is 2. The van der Waals surface area contributed by atoms with Gasteiger partial charge in [0.1, 0.15) is 23.0 Å². The SMILES string of the molecule is Nc1nc(COC(=O)CN=C2NS(=O)(=O)c3ccccc32)nc2sc3c(c12)CCCCC3. The summed E-state index contributed by atoms with van der Waals surface area (Å²) in [5.74, 6) is 0.252. The summed E-state index contributed by atoms with van der Waals surface area (Å²) in [6.07, 6.45) is 5.55. The van der Waals surface area contributed by atoms with Crippen molar-refractivity contribution in [3.8, 4) is 0 Å². The minimum atomic E-state index is -3.65. The molecule has 0 amide bonds. The average molecular weight is 472 g/mol. The number of nitrogens with one attached hydrogen (secondary N) is 1. The van der Waals surface area contributed by atoms with Crippen molar-refractivity contribution < 1.29 is 17.9 Å². The number of rotatable bonds is 4. The highest BCUT2D eigenvalue weighted by atomic mass is 32.2. The van der Waals surface area contributed by atoms with Crippen LogP contribution in [0.5, 0.6) is 0 Å². The van der Waals surface area contributed by atoms with Gasteiger partial charge in [-0.2, -0.15) is 0 Å². The number of nitrogens with two attached hydrogens (primary N) is 1. The molecule has 3 N–H and O–H groups in total. The zero-order valence-electron chi connectivity index (χ0n) is 17.1. The van der Waals surface area contributed by atoms with Crippen LogP contribution in [-0.4, -0.2) is 36.7 Å². The second-order valence-corrected chi connectivity index (χ2v) is 10.4. The Bertz CT molecular complexity index is 1360. The second kappa shape index (κ2) is 8.14. The molecule has 32 heavy (non-hydrogen) atoms. The van der Waals surface area contributed by atoms with E-state index in [1.165, 1.54) is 29.3 Å². The smallest absolute Gasteiger partial charge is 0.328 e. The molecule has 0 unspecified atom stereocenters. The van der Waals surface area contributed by atoms with Crippen LogP contribution >= 0.6 is 11.3 Å². The van der Waals surface area contributed by atoms with Gasteiger partial charge in [-0.1, -0.05) is 18.6 Å². The summed E-state index contributed by atoms with van der Waals surface area (Å²) in [6.45, 7) is -0.466. The van der Waals surface area contributed by atoms with Crippen LogP contribution in [0, 0.1) is 0 Å². The molecule has 2 aromatic heterocycles. The summed E-state index contributed by atoms with van der Waals surface area (Å²) in [5.41, 5.74) is 7.92. The Kier molecular flexibility index (Phi) is 5.30. The normalized spacial score (nSPS) is 18.1. The predicted molar refractivity (Wildman–Crippen MR) is 121 cm³/mol. The van der Waals surface area contributed by atoms with E-state index in [2.05, 4.69) is 19.7 Å². The summed E-state index contributed by atoms with van der Waals surface area (Å²) >= 11 is 1.64. The third-order valence-corrected chi connectivity index (χ3v) is 8.11. The van der Waals surface area contributed by atoms with Crippen LogP contribution in [-0.2, 0) is 39.0 Å². The number of hydrogen-bond acceptors (Lipinski definition) is 9. The van der Waals surface area contributed by atoms with Crippen LogP contribution in [0.2, 0.25) is 0 Å². The first-order valence-corrected chi connectivity index (χ1v) is 12.6. The van der Waals surface area contributed by atoms with Crippen LogP contribution < -0.4 is 10.5 Å². The predicted octanol–water partition coefficient (Wildman–Crippen LogP) is 2.32. The van der Waals surface area contributed by atoms with Gasteiger partial charge in [0.05, 0.1) is 10.3 Å². The third kappa shape index (κ3) is 3.82. The topological polar surface area (TPSA) is 137 Å². The van der Waals surface area contributed by atoms with E-state index >= 15 is 0 Å². The van der Waals surface area contributed by atoms with Crippen molar-refractivity contribution in [1.82, 2.24) is 14.7 Å². The number of anilines is 1. The van der Waals surface area contributed by atoms with E-state index in [0.29, 0.717) is 17.2 Å². The van der Waals surface area contributed by atoms with Crippen molar-refractivity contribution in [2.24, 2.45) is 4.99 Å². The van der Waals surface area contributed by atoms with Crippen molar-refractivity contribution in [3.05, 3.63) is 46.1 Å². The highest BCUT2D eigenvalue weighted by Crippen LogP contribution is 2.37. The molecule has 0 atom stereocenters. The monoisotopic (exact) mass is 471 g/mol. The number of nitrogen functional groups attached to an aromatic ring is 1. The zero-order valence-corrected chi connectivity index (χ0v) is 18.8. The summed E-state index contributed by atoms with van der Waals surface area (Å²) in [6, 6.07) is 6.45. The number of ether oxygens (including phenoxy) is 1. The molecule has 2 aliphatic rings. The molecule has 11 heteroatoms. The lowest BCUT2D eigenvalue weighted by molar-refractivity contribution is -0.143. The number of carbonyl (C=O) groups excluding carboxylic acids is 1. The number of thiophene rings is 1. The minimum Gasteiger partial charge on any atom is -0.456 e. The Morgan fingerprint density at radius 3 is 2.88 bits per heavy atom. The van der Waals surface area contributed by atoms with E-state index in [1.807, 2.05) is 0 Å². The maximum atomic E-state index is 12.2. The zero-order chi connectivity index (χ0) is 22.3. The molecule has 0 fully saturated rings. The van der Waals surface area contributed by atoms with Crippen LogP contribution in [0.25, 0.3) is 10.2 Å². The highest BCUT2D eigenvalue weighted by molar-refractivity contribution is 7.90. The Morgan fingerprint density at radius 2 is 2.00 bits per heavy atom.